The lowest BCUT2D eigenvalue weighted by atomic mass is 10.2. The summed E-state index contributed by atoms with van der Waals surface area (Å²) in [6, 6.07) is 14.1. The minimum absolute atomic E-state index is 0.230. The van der Waals surface area contributed by atoms with Gasteiger partial charge in [0.1, 0.15) is 22.8 Å². The monoisotopic (exact) mass is 639 g/mol. The Bertz CT molecular complexity index is 1920. The molecule has 4 amide bonds. The van der Waals surface area contributed by atoms with Gasteiger partial charge in [0.05, 0.1) is 30.3 Å². The van der Waals surface area contributed by atoms with Gasteiger partial charge >= 0.3 is 0 Å². The van der Waals surface area contributed by atoms with Crippen LogP contribution >= 0.6 is 0 Å². The predicted molar refractivity (Wildman–Crippen MR) is 178 cm³/mol. The number of hydrogen-bond donors (Lipinski definition) is 5. The number of nitrogens with zero attached hydrogens (tertiary/aromatic N) is 4. The molecule has 0 unspecified atom stereocenters. The van der Waals surface area contributed by atoms with Gasteiger partial charge < -0.3 is 44.7 Å². The molecule has 0 bridgehead atoms. The van der Waals surface area contributed by atoms with Crippen molar-refractivity contribution in [3.63, 3.8) is 0 Å². The molecular weight excluding hydrogens is 602 g/mol. The van der Waals surface area contributed by atoms with Crippen LogP contribution in [0.3, 0.4) is 0 Å². The molecule has 1 fully saturated rings. The Labute approximate surface area is 270 Å². The number of aryl methyl sites for hydroxylation is 3. The number of para-hydroxylation sites is 1. The summed E-state index contributed by atoms with van der Waals surface area (Å²) in [5.74, 6) is -1.37. The highest BCUT2D eigenvalue weighted by molar-refractivity contribution is 6.09. The van der Waals surface area contributed by atoms with E-state index in [0.29, 0.717) is 59.6 Å². The van der Waals surface area contributed by atoms with Gasteiger partial charge in [0, 0.05) is 76.8 Å². The zero-order valence-electron chi connectivity index (χ0n) is 26.4. The summed E-state index contributed by atoms with van der Waals surface area (Å²) in [6.45, 7) is 4.34. The maximum absolute atomic E-state index is 13.2. The van der Waals surface area contributed by atoms with E-state index in [2.05, 4.69) is 31.2 Å². The average Bonchev–Trinajstić information content (AvgIpc) is 3.82. The topological polar surface area (TPSA) is 159 Å². The second-order valence-electron chi connectivity index (χ2n) is 11.5. The van der Waals surface area contributed by atoms with Crippen LogP contribution in [0.4, 0.5) is 17.1 Å². The molecule has 4 aromatic heterocycles. The van der Waals surface area contributed by atoms with Crippen LogP contribution in [-0.4, -0.2) is 86.6 Å². The summed E-state index contributed by atoms with van der Waals surface area (Å²) in [6.07, 6.45) is 4.95. The van der Waals surface area contributed by atoms with Crippen LogP contribution in [0, 0.1) is 0 Å². The summed E-state index contributed by atoms with van der Waals surface area (Å²) >= 11 is 0. The number of ether oxygens (including phenoxy) is 1. The molecule has 0 radical (unpaired) electrons. The molecule has 6 rings (SSSR count). The molecule has 1 aliphatic rings. The van der Waals surface area contributed by atoms with Crippen molar-refractivity contribution in [2.24, 2.45) is 21.1 Å². The molecule has 1 aromatic carbocycles. The van der Waals surface area contributed by atoms with E-state index < -0.39 is 11.8 Å². The fourth-order valence-electron chi connectivity index (χ4n) is 5.60. The minimum Gasteiger partial charge on any atom is -0.379 e. The molecule has 47 heavy (non-hydrogen) atoms. The zero-order valence-corrected chi connectivity index (χ0v) is 26.4. The second kappa shape index (κ2) is 13.4. The molecule has 5 aromatic rings. The summed E-state index contributed by atoms with van der Waals surface area (Å²) in [4.78, 5) is 57.3. The molecule has 0 spiro atoms. The summed E-state index contributed by atoms with van der Waals surface area (Å²) < 4.78 is 10.2. The predicted octanol–water partition coefficient (Wildman–Crippen LogP) is 3.00. The summed E-state index contributed by atoms with van der Waals surface area (Å²) in [7, 11) is 5.14. The number of carbonyl (C=O) groups is 4. The van der Waals surface area contributed by atoms with Gasteiger partial charge in [-0.2, -0.15) is 0 Å². The number of rotatable bonds is 10. The van der Waals surface area contributed by atoms with Gasteiger partial charge in [0.15, 0.2) is 0 Å². The van der Waals surface area contributed by atoms with E-state index >= 15 is 0 Å². The van der Waals surface area contributed by atoms with Crippen molar-refractivity contribution in [1.29, 1.82) is 0 Å². The lowest BCUT2D eigenvalue weighted by Gasteiger charge is -2.26. The van der Waals surface area contributed by atoms with Crippen molar-refractivity contribution in [2.45, 2.75) is 0 Å². The summed E-state index contributed by atoms with van der Waals surface area (Å²) in [5.41, 5.74) is 3.64. The van der Waals surface area contributed by atoms with Crippen LogP contribution < -0.4 is 21.3 Å². The number of benzene rings is 1. The van der Waals surface area contributed by atoms with Gasteiger partial charge in [-0.05, 0) is 30.3 Å². The molecule has 5 heterocycles. The van der Waals surface area contributed by atoms with Gasteiger partial charge in [0.2, 0.25) is 0 Å². The van der Waals surface area contributed by atoms with Crippen molar-refractivity contribution >= 4 is 51.6 Å². The second-order valence-corrected chi connectivity index (χ2v) is 11.5. The van der Waals surface area contributed by atoms with E-state index in [9.17, 15) is 19.2 Å². The minimum atomic E-state index is -0.413. The molecule has 1 aliphatic heterocycles. The first-order valence-corrected chi connectivity index (χ1v) is 15.2. The van der Waals surface area contributed by atoms with Gasteiger partial charge in [-0.1, -0.05) is 18.2 Å². The van der Waals surface area contributed by atoms with Crippen LogP contribution in [0.5, 0.6) is 0 Å². The lowest BCUT2D eigenvalue weighted by molar-refractivity contribution is 0.0383. The number of aromatic amines is 1. The number of anilines is 3. The molecule has 14 nitrogen and oxygen atoms in total. The normalized spacial score (nSPS) is 13.4. The molecule has 0 aliphatic carbocycles. The Kier molecular flexibility index (Phi) is 8.95. The van der Waals surface area contributed by atoms with Gasteiger partial charge in [-0.15, -0.1) is 0 Å². The number of morpholine rings is 1. The van der Waals surface area contributed by atoms with Gasteiger partial charge in [-0.25, -0.2) is 0 Å². The standard InChI is InChI=1S/C33H37N9O5/c1-39-19-23(15-27(39)31(44)34-8-9-42-10-12-47-13-11-42)36-33(46)29-17-24(20-41(29)3)37-32(45)28-16-22(18-40(28)2)35-30(43)26-14-21-6-4-5-7-25(21)38-26/h4-7,14-20,38H,8-13H2,1-3H3,(H,34,44)(H,35,43)(H,36,46)(H,37,45). The van der Waals surface area contributed by atoms with Crippen LogP contribution in [0.2, 0.25) is 0 Å². The highest BCUT2D eigenvalue weighted by Gasteiger charge is 2.20. The van der Waals surface area contributed by atoms with Gasteiger partial charge in [-0.3, -0.25) is 24.1 Å². The highest BCUT2D eigenvalue weighted by Crippen LogP contribution is 2.21. The lowest BCUT2D eigenvalue weighted by Crippen LogP contribution is -2.41. The van der Waals surface area contributed by atoms with Crippen LogP contribution in [0.25, 0.3) is 10.9 Å². The van der Waals surface area contributed by atoms with E-state index in [1.54, 1.807) is 77.7 Å². The quantitative estimate of drug-likeness (QED) is 0.158. The van der Waals surface area contributed by atoms with Crippen LogP contribution in [-0.2, 0) is 25.9 Å². The first-order valence-electron chi connectivity index (χ1n) is 15.2. The Morgan fingerprint density at radius 2 is 1.21 bits per heavy atom. The van der Waals surface area contributed by atoms with Crippen molar-refractivity contribution in [3.8, 4) is 0 Å². The number of aromatic nitrogens is 4. The molecule has 1 saturated heterocycles. The third-order valence-corrected chi connectivity index (χ3v) is 8.08. The molecule has 0 saturated carbocycles. The molecule has 244 valence electrons. The van der Waals surface area contributed by atoms with Crippen molar-refractivity contribution in [1.82, 2.24) is 28.9 Å². The largest absolute Gasteiger partial charge is 0.379 e. The van der Waals surface area contributed by atoms with Gasteiger partial charge in [0.25, 0.3) is 23.6 Å². The molecule has 14 heteroatoms. The number of fused-ring (bicyclic) bond motifs is 1. The maximum Gasteiger partial charge on any atom is 0.272 e. The Morgan fingerprint density at radius 1 is 0.702 bits per heavy atom. The van der Waals surface area contributed by atoms with Crippen LogP contribution in [0.1, 0.15) is 42.0 Å². The third-order valence-electron chi connectivity index (χ3n) is 8.08. The zero-order chi connectivity index (χ0) is 33.1. The van der Waals surface area contributed by atoms with Crippen molar-refractivity contribution in [2.75, 3.05) is 55.3 Å². The van der Waals surface area contributed by atoms with E-state index in [-0.39, 0.29) is 11.8 Å². The van der Waals surface area contributed by atoms with E-state index in [0.717, 1.165) is 30.5 Å². The number of H-pyrrole nitrogens is 1. The smallest absolute Gasteiger partial charge is 0.272 e. The fourth-order valence-corrected chi connectivity index (χ4v) is 5.60. The molecule has 5 N–H and O–H groups in total. The number of carbonyl (C=O) groups excluding carboxylic acids is 4. The Hall–Kier alpha value is -5.60. The fraction of sp³-hybridized carbons (Fsp3) is 0.273. The highest BCUT2D eigenvalue weighted by atomic mass is 16.5. The third kappa shape index (κ3) is 7.13. The van der Waals surface area contributed by atoms with Crippen LogP contribution in [0.15, 0.2) is 67.1 Å². The number of nitrogens with one attached hydrogen (secondary N) is 5. The number of hydrogen-bond acceptors (Lipinski definition) is 6. The first kappa shape index (κ1) is 31.4. The Balaban J connectivity index is 1.04. The maximum atomic E-state index is 13.2. The van der Waals surface area contributed by atoms with E-state index in [4.69, 9.17) is 4.74 Å². The molecular formula is C33H37N9O5. The van der Waals surface area contributed by atoms with E-state index in [1.165, 1.54) is 0 Å². The molecule has 0 atom stereocenters. The summed E-state index contributed by atoms with van der Waals surface area (Å²) in [5, 5.41) is 12.3. The SMILES string of the molecule is Cn1cc(NC(=O)c2cc(NC(=O)c3cc(NC(=O)c4cc5ccccc5[nH]4)cn3C)cn2C)cc1C(=O)NCCN1CCOCC1. The van der Waals surface area contributed by atoms with Crippen molar-refractivity contribution < 1.29 is 23.9 Å². The average molecular weight is 640 g/mol. The Morgan fingerprint density at radius 3 is 1.77 bits per heavy atom. The van der Waals surface area contributed by atoms with Crippen molar-refractivity contribution in [3.05, 3.63) is 89.9 Å². The number of amides is 4. The first-order chi connectivity index (χ1) is 22.6. The van der Waals surface area contributed by atoms with E-state index in [1.807, 2.05) is 24.3 Å².